The fourth-order valence-corrected chi connectivity index (χ4v) is 4.47. The second-order valence-corrected chi connectivity index (χ2v) is 9.08. The first-order valence-corrected chi connectivity index (χ1v) is 12.5. The minimum Gasteiger partial charge on any atom is -0.206 e. The first-order chi connectivity index (χ1) is 17.0. The first-order valence-electron chi connectivity index (χ1n) is 12.5. The molecule has 0 N–H and O–H groups in total. The summed E-state index contributed by atoms with van der Waals surface area (Å²) in [5.41, 5.74) is 5.45. The van der Waals surface area contributed by atoms with E-state index in [1.807, 2.05) is 31.2 Å². The third kappa shape index (κ3) is 5.67. The van der Waals surface area contributed by atoms with Crippen LogP contribution in [0, 0.1) is 17.5 Å². The number of aryl methyl sites for hydroxylation is 2. The summed E-state index contributed by atoms with van der Waals surface area (Å²) in [6.07, 6.45) is 5.95. The summed E-state index contributed by atoms with van der Waals surface area (Å²) in [7, 11) is 0. The van der Waals surface area contributed by atoms with Gasteiger partial charge < -0.3 is 0 Å². The van der Waals surface area contributed by atoms with Crippen molar-refractivity contribution in [3.8, 4) is 33.4 Å². The van der Waals surface area contributed by atoms with Crippen molar-refractivity contribution in [3.63, 3.8) is 0 Å². The van der Waals surface area contributed by atoms with Crippen molar-refractivity contribution < 1.29 is 13.2 Å². The van der Waals surface area contributed by atoms with Crippen LogP contribution >= 0.6 is 0 Å². The van der Waals surface area contributed by atoms with Crippen molar-refractivity contribution in [1.29, 1.82) is 0 Å². The van der Waals surface area contributed by atoms with Crippen molar-refractivity contribution in [2.24, 2.45) is 0 Å². The predicted molar refractivity (Wildman–Crippen MR) is 140 cm³/mol. The fraction of sp³-hybridized carbons (Fsp3) is 0.250. The Morgan fingerprint density at radius 3 is 1.69 bits per heavy atom. The van der Waals surface area contributed by atoms with Gasteiger partial charge in [0.1, 0.15) is 5.82 Å². The molecule has 3 heteroatoms. The van der Waals surface area contributed by atoms with Crippen LogP contribution < -0.4 is 0 Å². The average Bonchev–Trinajstić information content (AvgIpc) is 2.88. The zero-order valence-corrected chi connectivity index (χ0v) is 20.4. The molecule has 0 fully saturated rings. The highest BCUT2D eigenvalue weighted by molar-refractivity contribution is 5.74. The number of rotatable bonds is 9. The van der Waals surface area contributed by atoms with Crippen molar-refractivity contribution >= 4 is 0 Å². The largest absolute Gasteiger partial charge is 0.206 e. The lowest BCUT2D eigenvalue weighted by molar-refractivity contribution is 0.499. The lowest BCUT2D eigenvalue weighted by atomic mass is 9.96. The number of benzene rings is 4. The zero-order valence-electron chi connectivity index (χ0n) is 20.4. The molecule has 0 bridgehead atoms. The highest BCUT2D eigenvalue weighted by atomic mass is 19.2. The molecule has 0 aromatic heterocycles. The Labute approximate surface area is 206 Å². The second-order valence-electron chi connectivity index (χ2n) is 9.08. The molecule has 4 aromatic rings. The fourth-order valence-electron chi connectivity index (χ4n) is 4.47. The van der Waals surface area contributed by atoms with Crippen LogP contribution in [0.15, 0.2) is 78.9 Å². The molecule has 35 heavy (non-hydrogen) atoms. The van der Waals surface area contributed by atoms with Gasteiger partial charge in [0.25, 0.3) is 0 Å². The first kappa shape index (κ1) is 24.8. The van der Waals surface area contributed by atoms with Crippen molar-refractivity contribution in [2.45, 2.75) is 52.4 Å². The predicted octanol–water partition coefficient (Wildman–Crippen LogP) is 9.79. The topological polar surface area (TPSA) is 0 Å². The number of hydrogen-bond acceptors (Lipinski definition) is 0. The van der Waals surface area contributed by atoms with E-state index in [1.165, 1.54) is 43.0 Å². The molecular formula is C32H31F3. The zero-order chi connectivity index (χ0) is 24.8. The van der Waals surface area contributed by atoms with Crippen molar-refractivity contribution in [1.82, 2.24) is 0 Å². The standard InChI is InChI=1S/C32H31F3/c1-3-5-6-8-22-9-11-23(12-10-22)24-13-15-25(16-14-24)27-18-19-28(30(33)21-27)29-20-17-26(7-4-2)31(34)32(29)35/h9-21H,3-8H2,1-2H3. The normalized spacial score (nSPS) is 11.1. The molecule has 0 saturated carbocycles. The van der Waals surface area contributed by atoms with Gasteiger partial charge in [-0.2, -0.15) is 0 Å². The Morgan fingerprint density at radius 2 is 1.09 bits per heavy atom. The molecule has 0 aliphatic carbocycles. The van der Waals surface area contributed by atoms with E-state index in [0.29, 0.717) is 24.0 Å². The summed E-state index contributed by atoms with van der Waals surface area (Å²) in [6, 6.07) is 24.3. The number of hydrogen-bond donors (Lipinski definition) is 0. The molecule has 0 atom stereocenters. The van der Waals surface area contributed by atoms with E-state index >= 15 is 0 Å². The summed E-state index contributed by atoms with van der Waals surface area (Å²) >= 11 is 0. The maximum atomic E-state index is 15.0. The van der Waals surface area contributed by atoms with E-state index in [4.69, 9.17) is 0 Å². The van der Waals surface area contributed by atoms with E-state index in [1.54, 1.807) is 12.1 Å². The van der Waals surface area contributed by atoms with Gasteiger partial charge in [-0.3, -0.25) is 0 Å². The number of halogens is 3. The van der Waals surface area contributed by atoms with Crippen LogP contribution in [0.3, 0.4) is 0 Å². The van der Waals surface area contributed by atoms with Gasteiger partial charge in [-0.05, 0) is 58.7 Å². The molecular weight excluding hydrogens is 441 g/mol. The molecule has 0 aliphatic rings. The quantitative estimate of drug-likeness (QED) is 0.213. The maximum Gasteiger partial charge on any atom is 0.167 e. The Balaban J connectivity index is 1.53. The summed E-state index contributed by atoms with van der Waals surface area (Å²) in [4.78, 5) is 0. The SMILES string of the molecule is CCCCCc1ccc(-c2ccc(-c3ccc(-c4ccc(CCC)c(F)c4F)c(F)c3)cc2)cc1. The Morgan fingerprint density at radius 1 is 0.514 bits per heavy atom. The van der Waals surface area contributed by atoms with Gasteiger partial charge in [0.15, 0.2) is 11.6 Å². The molecule has 0 radical (unpaired) electrons. The van der Waals surface area contributed by atoms with E-state index < -0.39 is 17.5 Å². The van der Waals surface area contributed by atoms with Gasteiger partial charge in [0.2, 0.25) is 0 Å². The van der Waals surface area contributed by atoms with Gasteiger partial charge in [-0.1, -0.05) is 106 Å². The van der Waals surface area contributed by atoms with Gasteiger partial charge in [-0.25, -0.2) is 13.2 Å². The van der Waals surface area contributed by atoms with E-state index in [2.05, 4.69) is 31.2 Å². The third-order valence-corrected chi connectivity index (χ3v) is 6.52. The molecule has 180 valence electrons. The lowest BCUT2D eigenvalue weighted by Gasteiger charge is -2.11. The molecule has 4 rings (SSSR count). The molecule has 0 amide bonds. The second kappa shape index (κ2) is 11.4. The van der Waals surface area contributed by atoms with Gasteiger partial charge in [0.05, 0.1) is 0 Å². The van der Waals surface area contributed by atoms with Crippen LogP contribution in [0.4, 0.5) is 13.2 Å². The van der Waals surface area contributed by atoms with Gasteiger partial charge in [-0.15, -0.1) is 0 Å². The van der Waals surface area contributed by atoms with Crippen LogP contribution in [0.1, 0.15) is 50.7 Å². The van der Waals surface area contributed by atoms with E-state index in [9.17, 15) is 13.2 Å². The molecule has 0 heterocycles. The Kier molecular flexibility index (Phi) is 8.07. The highest BCUT2D eigenvalue weighted by Crippen LogP contribution is 2.32. The third-order valence-electron chi connectivity index (χ3n) is 6.52. The van der Waals surface area contributed by atoms with Crippen LogP contribution in [0.2, 0.25) is 0 Å². The molecule has 0 nitrogen and oxygen atoms in total. The van der Waals surface area contributed by atoms with Gasteiger partial charge >= 0.3 is 0 Å². The lowest BCUT2D eigenvalue weighted by Crippen LogP contribution is -1.98. The monoisotopic (exact) mass is 472 g/mol. The van der Waals surface area contributed by atoms with E-state index in [0.717, 1.165) is 23.1 Å². The molecule has 4 aromatic carbocycles. The van der Waals surface area contributed by atoms with Crippen molar-refractivity contribution in [2.75, 3.05) is 0 Å². The summed E-state index contributed by atoms with van der Waals surface area (Å²) < 4.78 is 44.0. The van der Waals surface area contributed by atoms with Gasteiger partial charge in [0, 0.05) is 11.1 Å². The average molecular weight is 473 g/mol. The molecule has 0 unspecified atom stereocenters. The summed E-state index contributed by atoms with van der Waals surface area (Å²) in [5, 5.41) is 0. The highest BCUT2D eigenvalue weighted by Gasteiger charge is 2.17. The molecule has 0 saturated heterocycles. The van der Waals surface area contributed by atoms with Crippen LogP contribution in [-0.2, 0) is 12.8 Å². The number of unbranched alkanes of at least 4 members (excludes halogenated alkanes) is 2. The summed E-state index contributed by atoms with van der Waals surface area (Å²) in [5.74, 6) is -2.47. The smallest absolute Gasteiger partial charge is 0.167 e. The van der Waals surface area contributed by atoms with Crippen molar-refractivity contribution in [3.05, 3.63) is 107 Å². The Hall–Kier alpha value is -3.33. The molecule has 0 spiro atoms. The van der Waals surface area contributed by atoms with Crippen LogP contribution in [0.5, 0.6) is 0 Å². The van der Waals surface area contributed by atoms with Crippen LogP contribution in [-0.4, -0.2) is 0 Å². The minimum atomic E-state index is -0.997. The van der Waals surface area contributed by atoms with E-state index in [-0.39, 0.29) is 11.1 Å². The molecule has 0 aliphatic heterocycles. The Bertz CT molecular complexity index is 1270. The minimum absolute atomic E-state index is 0.0557. The van der Waals surface area contributed by atoms with Crippen LogP contribution in [0.25, 0.3) is 33.4 Å². The maximum absolute atomic E-state index is 15.0. The summed E-state index contributed by atoms with van der Waals surface area (Å²) in [6.45, 7) is 4.11.